The summed E-state index contributed by atoms with van der Waals surface area (Å²) >= 11 is 10.4. The van der Waals surface area contributed by atoms with Gasteiger partial charge in [-0.3, -0.25) is 4.90 Å². The number of carbonyl (C=O) groups is 1. The van der Waals surface area contributed by atoms with Crippen LogP contribution in [0.1, 0.15) is 18.7 Å². The van der Waals surface area contributed by atoms with E-state index >= 15 is 0 Å². The molecule has 1 N–H and O–H groups in total. The summed E-state index contributed by atoms with van der Waals surface area (Å²) in [5.74, 6) is 0.393. The standard InChI is InChI=1S/C20H23FN6O3S2/c1-12-23-24-18(29-12)19(32)26-7-5-25(6-8-26)17-4-3-14(9-16(17)21)27-11-15(30-20(27)28)10-22-13(2)31/h3-4,9,15H,5-8,10-11H2,1-2H3,(H,22,31)/t15-/m0/s1. The molecule has 4 rings (SSSR count). The van der Waals surface area contributed by atoms with Crippen LogP contribution >= 0.6 is 24.4 Å². The normalized spacial score (nSPS) is 18.7. The number of piperazine rings is 1. The number of nitrogens with one attached hydrogen (secondary N) is 1. The number of cyclic esters (lactones) is 1. The molecule has 3 heterocycles. The van der Waals surface area contributed by atoms with Crippen LogP contribution in [0.5, 0.6) is 0 Å². The number of ether oxygens (including phenoxy) is 1. The number of halogens is 1. The molecule has 32 heavy (non-hydrogen) atoms. The Morgan fingerprint density at radius 1 is 1.25 bits per heavy atom. The van der Waals surface area contributed by atoms with Crippen molar-refractivity contribution in [2.45, 2.75) is 20.0 Å². The van der Waals surface area contributed by atoms with Crippen LogP contribution in [0, 0.1) is 12.7 Å². The van der Waals surface area contributed by atoms with E-state index in [1.807, 2.05) is 9.80 Å². The van der Waals surface area contributed by atoms with Gasteiger partial charge < -0.3 is 24.3 Å². The zero-order chi connectivity index (χ0) is 22.8. The first-order chi connectivity index (χ1) is 15.3. The zero-order valence-corrected chi connectivity index (χ0v) is 19.3. The summed E-state index contributed by atoms with van der Waals surface area (Å²) in [7, 11) is 0. The first-order valence-electron chi connectivity index (χ1n) is 10.2. The molecule has 0 unspecified atom stereocenters. The Bertz CT molecular complexity index is 1040. The first-order valence-corrected chi connectivity index (χ1v) is 11.0. The number of rotatable bonds is 5. The Morgan fingerprint density at radius 2 is 2.00 bits per heavy atom. The molecule has 0 radical (unpaired) electrons. The number of carbonyl (C=O) groups excluding carboxylic acids is 1. The summed E-state index contributed by atoms with van der Waals surface area (Å²) in [5, 5.41) is 10.8. The monoisotopic (exact) mass is 478 g/mol. The van der Waals surface area contributed by atoms with Gasteiger partial charge in [0.15, 0.2) is 4.99 Å². The molecular weight excluding hydrogens is 455 g/mol. The van der Waals surface area contributed by atoms with Gasteiger partial charge in [0.1, 0.15) is 11.9 Å². The molecule has 0 bridgehead atoms. The van der Waals surface area contributed by atoms with E-state index in [1.165, 1.54) is 11.0 Å². The van der Waals surface area contributed by atoms with Crippen LogP contribution in [0.2, 0.25) is 0 Å². The second kappa shape index (κ2) is 9.33. The number of aryl methyl sites for hydroxylation is 1. The van der Waals surface area contributed by atoms with Gasteiger partial charge in [-0.15, -0.1) is 10.2 Å². The molecule has 2 aliphatic heterocycles. The van der Waals surface area contributed by atoms with E-state index in [-0.39, 0.29) is 6.10 Å². The van der Waals surface area contributed by atoms with E-state index in [2.05, 4.69) is 15.5 Å². The minimum absolute atomic E-state index is 0.327. The Balaban J connectivity index is 1.37. The molecule has 2 fully saturated rings. The van der Waals surface area contributed by atoms with Crippen molar-refractivity contribution in [3.63, 3.8) is 0 Å². The molecule has 2 saturated heterocycles. The molecule has 1 amide bonds. The van der Waals surface area contributed by atoms with Crippen molar-refractivity contribution in [2.24, 2.45) is 0 Å². The van der Waals surface area contributed by atoms with E-state index in [1.54, 1.807) is 26.0 Å². The van der Waals surface area contributed by atoms with E-state index in [4.69, 9.17) is 33.6 Å². The molecule has 170 valence electrons. The lowest BCUT2D eigenvalue weighted by atomic mass is 10.2. The highest BCUT2D eigenvalue weighted by atomic mass is 32.1. The Labute approximate surface area is 195 Å². The smallest absolute Gasteiger partial charge is 0.414 e. The van der Waals surface area contributed by atoms with E-state index < -0.39 is 11.9 Å². The second-order valence-corrected chi connectivity index (χ2v) is 8.59. The fourth-order valence-electron chi connectivity index (χ4n) is 3.69. The summed E-state index contributed by atoms with van der Waals surface area (Å²) < 4.78 is 25.7. The van der Waals surface area contributed by atoms with Crippen LogP contribution in [0.3, 0.4) is 0 Å². The van der Waals surface area contributed by atoms with Crippen LogP contribution in [-0.2, 0) is 4.74 Å². The predicted octanol–water partition coefficient (Wildman–Crippen LogP) is 2.28. The quantitative estimate of drug-likeness (QED) is 0.646. The molecule has 0 spiro atoms. The lowest BCUT2D eigenvalue weighted by Gasteiger charge is -2.36. The highest BCUT2D eigenvalue weighted by molar-refractivity contribution is 7.80. The zero-order valence-electron chi connectivity index (χ0n) is 17.7. The lowest BCUT2D eigenvalue weighted by molar-refractivity contribution is 0.143. The molecule has 2 aromatic rings. The minimum atomic E-state index is -0.496. The number of nitrogens with zero attached hydrogens (tertiary/aromatic N) is 5. The molecule has 9 nitrogen and oxygen atoms in total. The number of thiocarbonyl (C=S) groups is 2. The minimum Gasteiger partial charge on any atom is -0.442 e. The summed E-state index contributed by atoms with van der Waals surface area (Å²) in [6, 6.07) is 4.80. The van der Waals surface area contributed by atoms with Gasteiger partial charge in [0.05, 0.1) is 29.5 Å². The molecular formula is C20H23FN6O3S2. The van der Waals surface area contributed by atoms with Crippen molar-refractivity contribution in [3.8, 4) is 0 Å². The van der Waals surface area contributed by atoms with Crippen molar-refractivity contribution in [1.29, 1.82) is 0 Å². The van der Waals surface area contributed by atoms with Gasteiger partial charge >= 0.3 is 6.09 Å². The molecule has 0 saturated carbocycles. The SMILES string of the molecule is CC(=S)NC[C@H]1CN(c2ccc(N3CCN(C(=S)c4nnc(C)o4)CC3)c(F)c2)C(=O)O1. The van der Waals surface area contributed by atoms with Crippen LogP contribution in [0.15, 0.2) is 22.6 Å². The topological polar surface area (TPSA) is 87.0 Å². The summed E-state index contributed by atoms with van der Waals surface area (Å²) in [5.41, 5.74) is 0.944. The predicted molar refractivity (Wildman–Crippen MR) is 125 cm³/mol. The van der Waals surface area contributed by atoms with Crippen molar-refractivity contribution in [1.82, 2.24) is 20.4 Å². The number of hydrogen-bond donors (Lipinski definition) is 1. The fourth-order valence-corrected chi connectivity index (χ4v) is 4.03. The van der Waals surface area contributed by atoms with Gasteiger partial charge in [0, 0.05) is 33.1 Å². The summed E-state index contributed by atoms with van der Waals surface area (Å²) in [6.45, 7) is 6.61. The van der Waals surface area contributed by atoms with E-state index in [0.717, 1.165) is 0 Å². The molecule has 2 aliphatic rings. The summed E-state index contributed by atoms with van der Waals surface area (Å²) in [6.07, 6.45) is -0.841. The maximum Gasteiger partial charge on any atom is 0.414 e. The molecule has 1 aromatic heterocycles. The highest BCUT2D eigenvalue weighted by Crippen LogP contribution is 2.28. The van der Waals surface area contributed by atoms with E-state index in [0.29, 0.717) is 72.4 Å². The van der Waals surface area contributed by atoms with Crippen LogP contribution < -0.4 is 15.1 Å². The Hall–Kier alpha value is -2.86. The number of hydrogen-bond acceptors (Lipinski definition) is 8. The van der Waals surface area contributed by atoms with Crippen molar-refractivity contribution in [3.05, 3.63) is 35.8 Å². The number of benzene rings is 1. The molecule has 1 aromatic carbocycles. The van der Waals surface area contributed by atoms with Crippen LogP contribution in [0.4, 0.5) is 20.6 Å². The first kappa shape index (κ1) is 22.3. The van der Waals surface area contributed by atoms with Crippen LogP contribution in [0.25, 0.3) is 0 Å². The lowest BCUT2D eigenvalue weighted by Crippen LogP contribution is -2.48. The average Bonchev–Trinajstić information content (AvgIpc) is 3.37. The number of anilines is 2. The summed E-state index contributed by atoms with van der Waals surface area (Å²) in [4.78, 5) is 18.7. The maximum absolute atomic E-state index is 15.0. The third-order valence-electron chi connectivity index (χ3n) is 5.31. The van der Waals surface area contributed by atoms with Gasteiger partial charge in [-0.2, -0.15) is 0 Å². The highest BCUT2D eigenvalue weighted by Gasteiger charge is 2.33. The fraction of sp³-hybridized carbons (Fsp3) is 0.450. The van der Waals surface area contributed by atoms with Crippen molar-refractivity contribution >= 4 is 51.9 Å². The van der Waals surface area contributed by atoms with Gasteiger partial charge in [-0.05, 0) is 25.1 Å². The third kappa shape index (κ3) is 4.80. The van der Waals surface area contributed by atoms with E-state index in [9.17, 15) is 9.18 Å². The van der Waals surface area contributed by atoms with Crippen molar-refractivity contribution in [2.75, 3.05) is 49.1 Å². The molecule has 0 aliphatic carbocycles. The van der Waals surface area contributed by atoms with Gasteiger partial charge in [-0.1, -0.05) is 24.4 Å². The Morgan fingerprint density at radius 3 is 2.62 bits per heavy atom. The average molecular weight is 479 g/mol. The third-order valence-corrected chi connectivity index (χ3v) is 5.89. The van der Waals surface area contributed by atoms with Crippen LogP contribution in [-0.4, -0.2) is 76.5 Å². The second-order valence-electron chi connectivity index (χ2n) is 7.59. The molecule has 1 atom stereocenters. The van der Waals surface area contributed by atoms with Gasteiger partial charge in [0.25, 0.3) is 5.89 Å². The maximum atomic E-state index is 15.0. The van der Waals surface area contributed by atoms with Gasteiger partial charge in [-0.25, -0.2) is 9.18 Å². The largest absolute Gasteiger partial charge is 0.442 e. The van der Waals surface area contributed by atoms with Crippen molar-refractivity contribution < 1.29 is 18.3 Å². The number of aromatic nitrogens is 2. The Kier molecular flexibility index (Phi) is 6.51. The number of amides is 1. The molecule has 12 heteroatoms. The van der Waals surface area contributed by atoms with Gasteiger partial charge in [0.2, 0.25) is 5.89 Å².